The maximum atomic E-state index is 5.58. The molecule has 4 nitrogen and oxygen atoms in total. The molecule has 1 aliphatic rings. The molecule has 102 valence electrons. The summed E-state index contributed by atoms with van der Waals surface area (Å²) in [5.41, 5.74) is 1.08. The standard InChI is InChI=1S/C14H25N3O/c1-14(2,3)15-9-11-10-18-13(16-11)17(4)12-7-5-6-8-12/h10,12,15H,5-9H2,1-4H3. The molecule has 0 unspecified atom stereocenters. The van der Waals surface area contributed by atoms with E-state index >= 15 is 0 Å². The minimum Gasteiger partial charge on any atom is -0.432 e. The van der Waals surface area contributed by atoms with Gasteiger partial charge in [0.15, 0.2) is 0 Å². The molecule has 0 aromatic carbocycles. The summed E-state index contributed by atoms with van der Waals surface area (Å²) < 4.78 is 5.58. The molecule has 1 saturated carbocycles. The molecule has 1 fully saturated rings. The van der Waals surface area contributed by atoms with E-state index in [2.05, 4.69) is 43.0 Å². The van der Waals surface area contributed by atoms with Crippen LogP contribution in [0, 0.1) is 0 Å². The van der Waals surface area contributed by atoms with Gasteiger partial charge in [-0.1, -0.05) is 12.8 Å². The molecule has 0 spiro atoms. The molecule has 0 bridgehead atoms. The van der Waals surface area contributed by atoms with Gasteiger partial charge in [-0.05, 0) is 33.6 Å². The summed E-state index contributed by atoms with van der Waals surface area (Å²) in [6, 6.07) is 1.36. The lowest BCUT2D eigenvalue weighted by Gasteiger charge is -2.22. The summed E-state index contributed by atoms with van der Waals surface area (Å²) in [5.74, 6) is 0. The van der Waals surface area contributed by atoms with Crippen LogP contribution < -0.4 is 10.2 Å². The topological polar surface area (TPSA) is 41.3 Å². The van der Waals surface area contributed by atoms with Gasteiger partial charge in [-0.25, -0.2) is 0 Å². The van der Waals surface area contributed by atoms with Crippen LogP contribution in [0.15, 0.2) is 10.7 Å². The molecule has 1 heterocycles. The zero-order chi connectivity index (χ0) is 13.2. The predicted molar refractivity (Wildman–Crippen MR) is 73.8 cm³/mol. The van der Waals surface area contributed by atoms with Gasteiger partial charge in [0.05, 0.1) is 5.69 Å². The maximum absolute atomic E-state index is 5.58. The minimum atomic E-state index is 0.108. The van der Waals surface area contributed by atoms with Gasteiger partial charge in [0.1, 0.15) is 6.26 Å². The first kappa shape index (κ1) is 13.4. The molecule has 2 rings (SSSR count). The number of nitrogens with one attached hydrogen (secondary N) is 1. The molecule has 0 atom stereocenters. The van der Waals surface area contributed by atoms with Crippen LogP contribution in [-0.4, -0.2) is 23.6 Å². The van der Waals surface area contributed by atoms with Crippen LogP contribution in [0.25, 0.3) is 0 Å². The first-order valence-electron chi connectivity index (χ1n) is 6.88. The number of aromatic nitrogens is 1. The normalized spacial score (nSPS) is 17.3. The third-order valence-corrected chi connectivity index (χ3v) is 3.51. The molecule has 0 radical (unpaired) electrons. The Morgan fingerprint density at radius 3 is 2.67 bits per heavy atom. The Hall–Kier alpha value is -1.03. The first-order valence-corrected chi connectivity index (χ1v) is 6.88. The summed E-state index contributed by atoms with van der Waals surface area (Å²) in [4.78, 5) is 6.74. The Bertz CT molecular complexity index is 375. The van der Waals surface area contributed by atoms with Crippen molar-refractivity contribution in [2.24, 2.45) is 0 Å². The molecule has 4 heteroatoms. The summed E-state index contributed by atoms with van der Waals surface area (Å²) >= 11 is 0. The average molecular weight is 251 g/mol. The van der Waals surface area contributed by atoms with Crippen molar-refractivity contribution in [3.8, 4) is 0 Å². The molecule has 18 heavy (non-hydrogen) atoms. The highest BCUT2D eigenvalue weighted by molar-refractivity contribution is 5.27. The van der Waals surface area contributed by atoms with E-state index in [1.807, 2.05) is 0 Å². The monoisotopic (exact) mass is 251 g/mol. The van der Waals surface area contributed by atoms with Crippen LogP contribution in [0.4, 0.5) is 6.01 Å². The molecular weight excluding hydrogens is 226 g/mol. The Balaban J connectivity index is 1.92. The molecule has 0 amide bonds. The summed E-state index contributed by atoms with van der Waals surface area (Å²) in [7, 11) is 2.09. The van der Waals surface area contributed by atoms with Crippen molar-refractivity contribution in [1.29, 1.82) is 0 Å². The molecule has 1 aromatic rings. The molecule has 1 N–H and O–H groups in total. The Kier molecular flexibility index (Phi) is 3.95. The van der Waals surface area contributed by atoms with Gasteiger partial charge < -0.3 is 14.6 Å². The van der Waals surface area contributed by atoms with Crippen LogP contribution >= 0.6 is 0 Å². The van der Waals surface area contributed by atoms with Crippen LogP contribution in [0.5, 0.6) is 0 Å². The molecule has 0 aliphatic heterocycles. The highest BCUT2D eigenvalue weighted by Gasteiger charge is 2.23. The number of nitrogens with zero attached hydrogens (tertiary/aromatic N) is 2. The van der Waals surface area contributed by atoms with Crippen LogP contribution in [0.3, 0.4) is 0 Å². The Labute approximate surface area is 110 Å². The second-order valence-corrected chi connectivity index (χ2v) is 6.27. The van der Waals surface area contributed by atoms with Gasteiger partial charge in [0, 0.05) is 25.2 Å². The second kappa shape index (κ2) is 5.31. The third-order valence-electron chi connectivity index (χ3n) is 3.51. The highest BCUT2D eigenvalue weighted by atomic mass is 16.4. The smallest absolute Gasteiger partial charge is 0.297 e. The molecular formula is C14H25N3O. The van der Waals surface area contributed by atoms with E-state index < -0.39 is 0 Å². The van der Waals surface area contributed by atoms with Gasteiger partial charge in [0.2, 0.25) is 0 Å². The number of rotatable bonds is 4. The van der Waals surface area contributed by atoms with Crippen molar-refractivity contribution in [3.05, 3.63) is 12.0 Å². The largest absolute Gasteiger partial charge is 0.432 e. The fourth-order valence-electron chi connectivity index (χ4n) is 2.34. The Morgan fingerprint density at radius 1 is 1.39 bits per heavy atom. The number of hydrogen-bond acceptors (Lipinski definition) is 4. The second-order valence-electron chi connectivity index (χ2n) is 6.27. The van der Waals surface area contributed by atoms with Crippen molar-refractivity contribution in [3.63, 3.8) is 0 Å². The molecule has 0 saturated heterocycles. The van der Waals surface area contributed by atoms with Crippen molar-refractivity contribution in [2.75, 3.05) is 11.9 Å². The van der Waals surface area contributed by atoms with E-state index in [-0.39, 0.29) is 5.54 Å². The van der Waals surface area contributed by atoms with E-state index in [1.54, 1.807) is 6.26 Å². The van der Waals surface area contributed by atoms with Crippen LogP contribution in [0.2, 0.25) is 0 Å². The lowest BCUT2D eigenvalue weighted by molar-refractivity contribution is 0.421. The van der Waals surface area contributed by atoms with Gasteiger partial charge in [-0.2, -0.15) is 4.98 Å². The average Bonchev–Trinajstić information content (AvgIpc) is 2.96. The summed E-state index contributed by atoms with van der Waals surface area (Å²) in [6.07, 6.45) is 6.94. The highest BCUT2D eigenvalue weighted by Crippen LogP contribution is 2.26. The first-order chi connectivity index (χ1) is 8.46. The minimum absolute atomic E-state index is 0.108. The van der Waals surface area contributed by atoms with Crippen molar-refractivity contribution in [1.82, 2.24) is 10.3 Å². The Morgan fingerprint density at radius 2 is 2.06 bits per heavy atom. The van der Waals surface area contributed by atoms with Gasteiger partial charge in [-0.15, -0.1) is 0 Å². The lowest BCUT2D eigenvalue weighted by Crippen LogP contribution is -2.35. The fraction of sp³-hybridized carbons (Fsp3) is 0.786. The molecule has 1 aromatic heterocycles. The van der Waals surface area contributed by atoms with E-state index in [1.165, 1.54) is 25.7 Å². The number of anilines is 1. The van der Waals surface area contributed by atoms with Gasteiger partial charge in [0.25, 0.3) is 6.01 Å². The van der Waals surface area contributed by atoms with E-state index in [9.17, 15) is 0 Å². The van der Waals surface area contributed by atoms with Crippen LogP contribution in [-0.2, 0) is 6.54 Å². The van der Waals surface area contributed by atoms with E-state index in [0.717, 1.165) is 18.3 Å². The van der Waals surface area contributed by atoms with Crippen molar-refractivity contribution < 1.29 is 4.42 Å². The van der Waals surface area contributed by atoms with E-state index in [0.29, 0.717) is 6.04 Å². The summed E-state index contributed by atoms with van der Waals surface area (Å²) in [5, 5.41) is 3.42. The number of oxazole rings is 1. The maximum Gasteiger partial charge on any atom is 0.297 e. The summed E-state index contributed by atoms with van der Waals surface area (Å²) in [6.45, 7) is 7.21. The van der Waals surface area contributed by atoms with Crippen molar-refractivity contribution >= 4 is 6.01 Å². The third kappa shape index (κ3) is 3.48. The van der Waals surface area contributed by atoms with Crippen LogP contribution in [0.1, 0.15) is 52.1 Å². The van der Waals surface area contributed by atoms with Crippen molar-refractivity contribution in [2.45, 2.75) is 64.6 Å². The molecule has 1 aliphatic carbocycles. The SMILES string of the molecule is CN(c1nc(CNC(C)(C)C)co1)C1CCCC1. The van der Waals surface area contributed by atoms with Gasteiger partial charge >= 0.3 is 0 Å². The lowest BCUT2D eigenvalue weighted by atomic mass is 10.1. The predicted octanol–water partition coefficient (Wildman–Crippen LogP) is 2.94. The van der Waals surface area contributed by atoms with E-state index in [4.69, 9.17) is 4.42 Å². The fourth-order valence-corrected chi connectivity index (χ4v) is 2.34. The zero-order valence-electron chi connectivity index (χ0n) is 12.0. The van der Waals surface area contributed by atoms with Gasteiger partial charge in [-0.3, -0.25) is 0 Å². The zero-order valence-corrected chi connectivity index (χ0v) is 12.0. The number of hydrogen-bond donors (Lipinski definition) is 1. The quantitative estimate of drug-likeness (QED) is 0.893.